The maximum atomic E-state index is 12.1. The number of nitrogens with one attached hydrogen (secondary N) is 1. The number of rotatable bonds is 10. The molecule has 3 aromatic rings. The molecule has 1 amide bonds. The number of aromatic nitrogens is 2. The summed E-state index contributed by atoms with van der Waals surface area (Å²) >= 11 is 2.89. The zero-order valence-electron chi connectivity index (χ0n) is 17.2. The van der Waals surface area contributed by atoms with Crippen molar-refractivity contribution in [1.29, 1.82) is 0 Å². The minimum absolute atomic E-state index is 0.00390. The normalized spacial score (nSPS) is 12.9. The summed E-state index contributed by atoms with van der Waals surface area (Å²) in [6.45, 7) is 3.61. The third kappa shape index (κ3) is 6.91. The fourth-order valence-electron chi connectivity index (χ4n) is 2.78. The topological polar surface area (TPSA) is 120 Å². The molecule has 3 N–H and O–H groups in total. The predicted octanol–water partition coefficient (Wildman–Crippen LogP) is 3.86. The molecule has 1 aromatic carbocycles. The van der Waals surface area contributed by atoms with Gasteiger partial charge in [0.1, 0.15) is 6.23 Å². The van der Waals surface area contributed by atoms with Gasteiger partial charge in [0.05, 0.1) is 29.1 Å². The van der Waals surface area contributed by atoms with Gasteiger partial charge >= 0.3 is 5.97 Å². The molecule has 0 radical (unpaired) electrons. The number of hydrogen-bond donors (Lipinski definition) is 2. The van der Waals surface area contributed by atoms with E-state index in [2.05, 4.69) is 15.5 Å². The number of esters is 1. The van der Waals surface area contributed by atoms with E-state index in [1.54, 1.807) is 24.3 Å². The molecule has 0 spiro atoms. The van der Waals surface area contributed by atoms with Crippen molar-refractivity contribution in [1.82, 2.24) is 10.1 Å². The van der Waals surface area contributed by atoms with Crippen LogP contribution in [0.1, 0.15) is 37.4 Å². The zero-order valence-corrected chi connectivity index (χ0v) is 18.9. The fraction of sp³-hybridized carbons (Fsp3) is 0.333. The first-order valence-electron chi connectivity index (χ1n) is 9.70. The van der Waals surface area contributed by atoms with E-state index in [-0.39, 0.29) is 30.0 Å². The van der Waals surface area contributed by atoms with E-state index in [9.17, 15) is 9.59 Å². The van der Waals surface area contributed by atoms with E-state index < -0.39 is 6.23 Å². The highest BCUT2D eigenvalue weighted by atomic mass is 32.2. The highest BCUT2D eigenvalue weighted by Crippen LogP contribution is 2.28. The van der Waals surface area contributed by atoms with Crippen LogP contribution in [-0.4, -0.2) is 39.8 Å². The number of nitrogens with zero attached hydrogens (tertiary/aromatic N) is 2. The molecule has 3 rings (SSSR count). The van der Waals surface area contributed by atoms with Crippen LogP contribution in [0.25, 0.3) is 11.3 Å². The molecule has 8 nitrogen and oxygen atoms in total. The van der Waals surface area contributed by atoms with Crippen molar-refractivity contribution in [3.63, 3.8) is 0 Å². The van der Waals surface area contributed by atoms with Crippen molar-refractivity contribution in [2.75, 3.05) is 16.8 Å². The molecule has 0 aliphatic carbocycles. The van der Waals surface area contributed by atoms with E-state index in [1.807, 2.05) is 42.1 Å². The summed E-state index contributed by atoms with van der Waals surface area (Å²) in [6.07, 6.45) is -0.426. The Morgan fingerprint density at radius 1 is 1.29 bits per heavy atom. The Bertz CT molecular complexity index is 987. The van der Waals surface area contributed by atoms with Gasteiger partial charge in [0.2, 0.25) is 11.8 Å². The minimum atomic E-state index is -0.625. The Morgan fingerprint density at radius 2 is 2.06 bits per heavy atom. The van der Waals surface area contributed by atoms with Crippen molar-refractivity contribution in [2.24, 2.45) is 5.73 Å². The molecule has 0 aliphatic rings. The van der Waals surface area contributed by atoms with Gasteiger partial charge in [0, 0.05) is 28.7 Å². The lowest BCUT2D eigenvalue weighted by atomic mass is 9.96. The predicted molar refractivity (Wildman–Crippen MR) is 122 cm³/mol. The maximum absolute atomic E-state index is 12.1. The molecule has 2 heterocycles. The molecule has 0 fully saturated rings. The number of anilines is 1. The second-order valence-corrected chi connectivity index (χ2v) is 8.70. The molecule has 0 bridgehead atoms. The first kappa shape index (κ1) is 23.0. The molecule has 0 saturated heterocycles. The SMILES string of the molecule is CC(N)OC(=O)CCSCC(=O)Nc1cc(C(C)c2ccc(-c3cscn3)cc2)no1. The Balaban J connectivity index is 1.47. The maximum Gasteiger partial charge on any atom is 0.308 e. The summed E-state index contributed by atoms with van der Waals surface area (Å²) in [6, 6.07) is 9.87. The highest BCUT2D eigenvalue weighted by Gasteiger charge is 2.16. The first-order chi connectivity index (χ1) is 14.9. The largest absolute Gasteiger partial charge is 0.447 e. The monoisotopic (exact) mass is 460 g/mol. The number of thiazole rings is 1. The number of ether oxygens (including phenoxy) is 1. The van der Waals surface area contributed by atoms with Gasteiger partial charge in [-0.2, -0.15) is 11.8 Å². The number of nitrogens with two attached hydrogens (primary N) is 1. The van der Waals surface area contributed by atoms with Crippen LogP contribution in [0, 0.1) is 0 Å². The quantitative estimate of drug-likeness (QED) is 0.266. The van der Waals surface area contributed by atoms with Gasteiger partial charge in [0.15, 0.2) is 0 Å². The van der Waals surface area contributed by atoms with Gasteiger partial charge in [-0.25, -0.2) is 4.98 Å². The van der Waals surface area contributed by atoms with E-state index in [1.165, 1.54) is 11.8 Å². The average molecular weight is 461 g/mol. The molecule has 2 atom stereocenters. The third-order valence-corrected chi connectivity index (χ3v) is 5.92. The van der Waals surface area contributed by atoms with Gasteiger partial charge in [-0.3, -0.25) is 20.6 Å². The number of carbonyl (C=O) groups excluding carboxylic acids is 2. The van der Waals surface area contributed by atoms with Gasteiger partial charge in [-0.05, 0) is 12.5 Å². The van der Waals surface area contributed by atoms with Crippen molar-refractivity contribution < 1.29 is 18.8 Å². The fourth-order valence-corrected chi connectivity index (χ4v) is 4.05. The van der Waals surface area contributed by atoms with Crippen molar-refractivity contribution in [3.8, 4) is 11.3 Å². The number of amides is 1. The third-order valence-electron chi connectivity index (χ3n) is 4.37. The molecule has 10 heteroatoms. The van der Waals surface area contributed by atoms with Crippen molar-refractivity contribution in [2.45, 2.75) is 32.4 Å². The number of benzene rings is 1. The standard InChI is InChI=1S/C21H24N4O4S2/c1-13(15-3-5-16(6-4-15)18-10-31-12-23-18)17-9-20(29-25-17)24-19(26)11-30-8-7-21(27)28-14(2)22/h3-6,9-10,12-14H,7-8,11,22H2,1-2H3,(H,24,26). The summed E-state index contributed by atoms with van der Waals surface area (Å²) in [7, 11) is 0. The molecule has 31 heavy (non-hydrogen) atoms. The number of thioether (sulfide) groups is 1. The first-order valence-corrected chi connectivity index (χ1v) is 11.8. The Kier molecular flexibility index (Phi) is 8.21. The van der Waals surface area contributed by atoms with Crippen LogP contribution in [0.4, 0.5) is 5.88 Å². The molecular weight excluding hydrogens is 436 g/mol. The zero-order chi connectivity index (χ0) is 22.2. The van der Waals surface area contributed by atoms with Crippen molar-refractivity contribution in [3.05, 3.63) is 52.5 Å². The molecule has 2 unspecified atom stereocenters. The van der Waals surface area contributed by atoms with Crippen LogP contribution in [0.3, 0.4) is 0 Å². The Labute approximate surface area is 188 Å². The lowest BCUT2D eigenvalue weighted by molar-refractivity contribution is -0.147. The molecule has 0 saturated carbocycles. The van der Waals surface area contributed by atoms with Gasteiger partial charge in [-0.15, -0.1) is 11.3 Å². The highest BCUT2D eigenvalue weighted by molar-refractivity contribution is 7.99. The van der Waals surface area contributed by atoms with Crippen LogP contribution in [-0.2, 0) is 14.3 Å². The number of carbonyl (C=O) groups is 2. The van der Waals surface area contributed by atoms with Gasteiger partial charge in [-0.1, -0.05) is 36.3 Å². The Hall–Kier alpha value is -2.69. The minimum Gasteiger partial charge on any atom is -0.447 e. The van der Waals surface area contributed by atoms with Gasteiger partial charge < -0.3 is 9.26 Å². The summed E-state index contributed by atoms with van der Waals surface area (Å²) in [5.74, 6) is 0.348. The molecule has 164 valence electrons. The average Bonchev–Trinajstić information content (AvgIpc) is 3.43. The van der Waals surface area contributed by atoms with E-state index in [4.69, 9.17) is 15.0 Å². The summed E-state index contributed by atoms with van der Waals surface area (Å²) < 4.78 is 10.1. The van der Waals surface area contributed by atoms with E-state index in [0.29, 0.717) is 11.6 Å². The summed E-state index contributed by atoms with van der Waals surface area (Å²) in [4.78, 5) is 27.8. The van der Waals surface area contributed by atoms with E-state index >= 15 is 0 Å². The summed E-state index contributed by atoms with van der Waals surface area (Å²) in [5.41, 5.74) is 11.0. The lowest BCUT2D eigenvalue weighted by Gasteiger charge is -2.08. The number of hydrogen-bond acceptors (Lipinski definition) is 9. The molecular formula is C21H24N4O4S2. The van der Waals surface area contributed by atoms with Crippen LogP contribution in [0.5, 0.6) is 0 Å². The second-order valence-electron chi connectivity index (χ2n) is 6.88. The van der Waals surface area contributed by atoms with Crippen LogP contribution >= 0.6 is 23.1 Å². The summed E-state index contributed by atoms with van der Waals surface area (Å²) in [5, 5.41) is 8.78. The lowest BCUT2D eigenvalue weighted by Crippen LogP contribution is -2.23. The molecule has 2 aromatic heterocycles. The van der Waals surface area contributed by atoms with E-state index in [0.717, 1.165) is 22.5 Å². The van der Waals surface area contributed by atoms with Crippen molar-refractivity contribution >= 4 is 40.9 Å². The van der Waals surface area contributed by atoms with Crippen LogP contribution < -0.4 is 11.1 Å². The molecule has 0 aliphatic heterocycles. The second kappa shape index (κ2) is 11.1. The van der Waals surface area contributed by atoms with Gasteiger partial charge in [0.25, 0.3) is 0 Å². The Morgan fingerprint density at radius 3 is 2.74 bits per heavy atom. The van der Waals surface area contributed by atoms with Crippen LogP contribution in [0.15, 0.2) is 45.7 Å². The smallest absolute Gasteiger partial charge is 0.308 e. The van der Waals surface area contributed by atoms with Crippen LogP contribution in [0.2, 0.25) is 0 Å².